The minimum absolute atomic E-state index is 0.0858. The van der Waals surface area contributed by atoms with Crippen molar-refractivity contribution >= 4 is 5.91 Å². The Labute approximate surface area is 183 Å². The molecule has 4 rings (SSSR count). The van der Waals surface area contributed by atoms with E-state index in [0.29, 0.717) is 12.1 Å². The molecule has 0 saturated carbocycles. The number of morpholine rings is 1. The van der Waals surface area contributed by atoms with Crippen molar-refractivity contribution in [2.75, 3.05) is 13.1 Å². The summed E-state index contributed by atoms with van der Waals surface area (Å²) < 4.78 is 7.72. The molecule has 0 aliphatic carbocycles. The summed E-state index contributed by atoms with van der Waals surface area (Å²) in [6, 6.07) is 11.7. The van der Waals surface area contributed by atoms with Crippen molar-refractivity contribution in [2.24, 2.45) is 0 Å². The summed E-state index contributed by atoms with van der Waals surface area (Å²) in [4.78, 5) is 23.6. The fourth-order valence-electron chi connectivity index (χ4n) is 4.04. The van der Waals surface area contributed by atoms with Gasteiger partial charge in [-0.25, -0.2) is 9.97 Å². The zero-order valence-corrected chi connectivity index (χ0v) is 18.3. The van der Waals surface area contributed by atoms with Crippen LogP contribution in [-0.2, 0) is 17.8 Å². The number of imidazole rings is 1. The molecular formula is C24H29N5O2. The highest BCUT2D eigenvalue weighted by molar-refractivity contribution is 5.94. The third kappa shape index (κ3) is 5.37. The van der Waals surface area contributed by atoms with Crippen molar-refractivity contribution < 1.29 is 9.53 Å². The number of carbonyl (C=O) groups is 1. The minimum atomic E-state index is -0.0858. The number of aromatic nitrogens is 3. The molecule has 0 spiro atoms. The van der Waals surface area contributed by atoms with Crippen molar-refractivity contribution in [1.29, 1.82) is 0 Å². The van der Waals surface area contributed by atoms with Gasteiger partial charge in [-0.05, 0) is 56.2 Å². The van der Waals surface area contributed by atoms with Crippen molar-refractivity contribution in [3.05, 3.63) is 77.5 Å². The van der Waals surface area contributed by atoms with Gasteiger partial charge >= 0.3 is 0 Å². The molecule has 3 aromatic rings. The van der Waals surface area contributed by atoms with E-state index < -0.39 is 0 Å². The average Bonchev–Trinajstić information content (AvgIpc) is 3.18. The van der Waals surface area contributed by atoms with Gasteiger partial charge in [-0.2, -0.15) is 0 Å². The van der Waals surface area contributed by atoms with Gasteiger partial charge in [0.05, 0.1) is 12.2 Å². The maximum absolute atomic E-state index is 12.6. The summed E-state index contributed by atoms with van der Waals surface area (Å²) in [5, 5.41) is 3.00. The normalized spacial score (nSPS) is 19.3. The second-order valence-corrected chi connectivity index (χ2v) is 8.20. The molecule has 2 atom stereocenters. The summed E-state index contributed by atoms with van der Waals surface area (Å²) in [7, 11) is 0. The van der Waals surface area contributed by atoms with Gasteiger partial charge in [0, 0.05) is 50.3 Å². The van der Waals surface area contributed by atoms with Crippen LogP contribution in [0.1, 0.15) is 41.2 Å². The number of rotatable bonds is 6. The van der Waals surface area contributed by atoms with Gasteiger partial charge in [-0.15, -0.1) is 0 Å². The molecule has 162 valence electrons. The molecule has 1 N–H and O–H groups in total. The van der Waals surface area contributed by atoms with Crippen LogP contribution >= 0.6 is 0 Å². The van der Waals surface area contributed by atoms with Gasteiger partial charge in [0.2, 0.25) is 0 Å². The first-order chi connectivity index (χ1) is 15.0. The van der Waals surface area contributed by atoms with E-state index in [1.807, 2.05) is 54.1 Å². The number of benzene rings is 1. The number of ether oxygens (including phenoxy) is 1. The van der Waals surface area contributed by atoms with Crippen LogP contribution in [0.5, 0.6) is 0 Å². The fourth-order valence-corrected chi connectivity index (χ4v) is 4.04. The molecule has 3 heterocycles. The van der Waals surface area contributed by atoms with Crippen LogP contribution in [0.25, 0.3) is 5.82 Å². The molecule has 1 fully saturated rings. The lowest BCUT2D eigenvalue weighted by molar-refractivity contribution is -0.0704. The lowest BCUT2D eigenvalue weighted by Gasteiger charge is -2.35. The maximum Gasteiger partial charge on any atom is 0.251 e. The Balaban J connectivity index is 1.33. The van der Waals surface area contributed by atoms with Crippen LogP contribution in [-0.4, -0.2) is 50.6 Å². The minimum Gasteiger partial charge on any atom is -0.373 e. The maximum atomic E-state index is 12.6. The molecule has 1 aliphatic heterocycles. The molecule has 31 heavy (non-hydrogen) atoms. The fraction of sp³-hybridized carbons (Fsp3) is 0.375. The van der Waals surface area contributed by atoms with E-state index in [1.165, 1.54) is 5.56 Å². The van der Waals surface area contributed by atoms with Crippen LogP contribution in [0.2, 0.25) is 0 Å². The topological polar surface area (TPSA) is 72.3 Å². The summed E-state index contributed by atoms with van der Waals surface area (Å²) in [5.74, 6) is 1.57. The smallest absolute Gasteiger partial charge is 0.251 e. The molecule has 0 bridgehead atoms. The number of hydrogen-bond donors (Lipinski definition) is 1. The lowest BCUT2D eigenvalue weighted by Crippen LogP contribution is -2.44. The van der Waals surface area contributed by atoms with Crippen LogP contribution in [0.3, 0.4) is 0 Å². The molecule has 1 aliphatic rings. The van der Waals surface area contributed by atoms with Gasteiger partial charge < -0.3 is 10.1 Å². The van der Waals surface area contributed by atoms with E-state index in [4.69, 9.17) is 4.74 Å². The molecule has 0 radical (unpaired) electrons. The number of carbonyl (C=O) groups excluding carboxylic acids is 1. The SMILES string of the molecule is Cc1nccn1-c1cc(CNC(=O)c2ccc(CN3C[C@@H](C)O[C@H](C)C3)cc2)ccn1. The molecule has 1 aromatic carbocycles. The largest absolute Gasteiger partial charge is 0.373 e. The monoisotopic (exact) mass is 419 g/mol. The molecule has 1 amide bonds. The van der Waals surface area contributed by atoms with E-state index in [-0.39, 0.29) is 18.1 Å². The molecular weight excluding hydrogens is 390 g/mol. The Morgan fingerprint density at radius 3 is 2.48 bits per heavy atom. The summed E-state index contributed by atoms with van der Waals surface area (Å²) in [6.07, 6.45) is 5.87. The number of hydrogen-bond acceptors (Lipinski definition) is 5. The standard InChI is InChI=1S/C24H29N5O2/c1-17-14-28(15-18(2)31-17)16-20-4-6-22(7-5-20)24(30)27-13-21-8-9-26-23(12-21)29-11-10-25-19(29)3/h4-12,17-18H,13-16H2,1-3H3,(H,27,30)/t17-,18-/m1/s1. The Morgan fingerprint density at radius 2 is 1.81 bits per heavy atom. The Morgan fingerprint density at radius 1 is 1.06 bits per heavy atom. The van der Waals surface area contributed by atoms with E-state index in [0.717, 1.165) is 36.8 Å². The van der Waals surface area contributed by atoms with Crippen LogP contribution in [0, 0.1) is 6.92 Å². The summed E-state index contributed by atoms with van der Waals surface area (Å²) >= 11 is 0. The summed E-state index contributed by atoms with van der Waals surface area (Å²) in [6.45, 7) is 9.32. The number of nitrogens with one attached hydrogen (secondary N) is 1. The van der Waals surface area contributed by atoms with E-state index in [1.54, 1.807) is 12.4 Å². The first-order valence-electron chi connectivity index (χ1n) is 10.7. The number of aryl methyl sites for hydroxylation is 1. The number of amides is 1. The highest BCUT2D eigenvalue weighted by atomic mass is 16.5. The first-order valence-corrected chi connectivity index (χ1v) is 10.7. The zero-order chi connectivity index (χ0) is 21.8. The predicted octanol–water partition coefficient (Wildman–Crippen LogP) is 3.11. The van der Waals surface area contributed by atoms with Gasteiger partial charge in [-0.1, -0.05) is 12.1 Å². The molecule has 1 saturated heterocycles. The van der Waals surface area contributed by atoms with Gasteiger partial charge in [0.25, 0.3) is 5.91 Å². The van der Waals surface area contributed by atoms with Crippen molar-refractivity contribution in [3.63, 3.8) is 0 Å². The van der Waals surface area contributed by atoms with Crippen molar-refractivity contribution in [3.8, 4) is 5.82 Å². The second-order valence-electron chi connectivity index (χ2n) is 8.20. The van der Waals surface area contributed by atoms with E-state index in [2.05, 4.69) is 34.0 Å². The number of pyridine rings is 1. The first kappa shape index (κ1) is 21.2. The molecule has 7 heteroatoms. The highest BCUT2D eigenvalue weighted by Gasteiger charge is 2.22. The predicted molar refractivity (Wildman–Crippen MR) is 119 cm³/mol. The van der Waals surface area contributed by atoms with E-state index >= 15 is 0 Å². The quantitative estimate of drug-likeness (QED) is 0.665. The Bertz CT molecular complexity index is 1020. The van der Waals surface area contributed by atoms with Crippen molar-refractivity contribution in [1.82, 2.24) is 24.8 Å². The Hall–Kier alpha value is -3.03. The highest BCUT2D eigenvalue weighted by Crippen LogP contribution is 2.15. The van der Waals surface area contributed by atoms with Gasteiger partial charge in [0.15, 0.2) is 0 Å². The van der Waals surface area contributed by atoms with E-state index in [9.17, 15) is 4.79 Å². The van der Waals surface area contributed by atoms with Crippen LogP contribution < -0.4 is 5.32 Å². The lowest BCUT2D eigenvalue weighted by atomic mass is 10.1. The molecule has 0 unspecified atom stereocenters. The zero-order valence-electron chi connectivity index (χ0n) is 18.3. The summed E-state index contributed by atoms with van der Waals surface area (Å²) in [5.41, 5.74) is 2.85. The third-order valence-corrected chi connectivity index (χ3v) is 5.45. The Kier molecular flexibility index (Phi) is 6.44. The van der Waals surface area contributed by atoms with Crippen molar-refractivity contribution in [2.45, 2.75) is 46.1 Å². The van der Waals surface area contributed by atoms with Crippen LogP contribution in [0.4, 0.5) is 0 Å². The van der Waals surface area contributed by atoms with Gasteiger partial charge in [0.1, 0.15) is 11.6 Å². The molecule has 2 aromatic heterocycles. The number of nitrogens with zero attached hydrogens (tertiary/aromatic N) is 4. The average molecular weight is 420 g/mol. The second kappa shape index (κ2) is 9.41. The van der Waals surface area contributed by atoms with Gasteiger partial charge in [-0.3, -0.25) is 14.3 Å². The third-order valence-electron chi connectivity index (χ3n) is 5.45. The molecule has 7 nitrogen and oxygen atoms in total. The van der Waals surface area contributed by atoms with Crippen LogP contribution in [0.15, 0.2) is 55.0 Å².